The molecule has 2 heterocycles. The summed E-state index contributed by atoms with van der Waals surface area (Å²) < 4.78 is 39.8. The first-order valence-corrected chi connectivity index (χ1v) is 9.61. The zero-order chi connectivity index (χ0) is 17.8. The number of allylic oxidation sites excluding steroid dienone is 2. The van der Waals surface area contributed by atoms with Gasteiger partial charge in [-0.05, 0) is 42.7 Å². The molecule has 7 heteroatoms. The number of hydrogen-bond donors (Lipinski definition) is 0. The van der Waals surface area contributed by atoms with Crippen LogP contribution in [0.4, 0.5) is 13.2 Å². The lowest BCUT2D eigenvalue weighted by Gasteiger charge is -2.33. The topological polar surface area (TPSA) is 29.4 Å². The van der Waals surface area contributed by atoms with Gasteiger partial charge in [-0.1, -0.05) is 17.7 Å². The fraction of sp³-hybridized carbons (Fsp3) is 0.444. The number of nitrogens with zero attached hydrogens (tertiary/aromatic N) is 1. The van der Waals surface area contributed by atoms with Crippen LogP contribution < -0.4 is 0 Å². The first-order valence-electron chi connectivity index (χ1n) is 8.18. The quantitative estimate of drug-likeness (QED) is 0.646. The minimum Gasteiger partial charge on any atom is -0.294 e. The van der Waals surface area contributed by atoms with E-state index in [0.29, 0.717) is 17.6 Å². The molecule has 2 unspecified atom stereocenters. The number of carbonyl (C=O) groups is 1. The number of thioether (sulfide) groups is 1. The zero-order valence-corrected chi connectivity index (χ0v) is 14.8. The molecule has 132 valence electrons. The van der Waals surface area contributed by atoms with Gasteiger partial charge in [-0.25, -0.2) is 0 Å². The summed E-state index contributed by atoms with van der Waals surface area (Å²) >= 11 is 7.44. The van der Waals surface area contributed by atoms with Crippen LogP contribution in [0.25, 0.3) is 0 Å². The van der Waals surface area contributed by atoms with E-state index < -0.39 is 11.7 Å². The van der Waals surface area contributed by atoms with Crippen LogP contribution >= 0.6 is 23.4 Å². The Kier molecular flexibility index (Phi) is 4.23. The molecule has 1 fully saturated rings. The predicted octanol–water partition coefficient (Wildman–Crippen LogP) is 5.41. The summed E-state index contributed by atoms with van der Waals surface area (Å²) in [5, 5.41) is -0.368. The molecule has 0 spiro atoms. The van der Waals surface area contributed by atoms with Gasteiger partial charge in [0.2, 0.25) is 0 Å². The first kappa shape index (κ1) is 17.2. The third-order valence-electron chi connectivity index (χ3n) is 4.96. The van der Waals surface area contributed by atoms with E-state index in [4.69, 9.17) is 11.6 Å². The summed E-state index contributed by atoms with van der Waals surface area (Å²) in [6.07, 6.45) is -1.77. The normalized spacial score (nSPS) is 26.4. The monoisotopic (exact) mass is 385 g/mol. The number of aliphatic imine (C=N–C) groups is 1. The van der Waals surface area contributed by atoms with Crippen molar-refractivity contribution >= 4 is 34.9 Å². The van der Waals surface area contributed by atoms with Crippen molar-refractivity contribution in [3.63, 3.8) is 0 Å². The van der Waals surface area contributed by atoms with Crippen molar-refractivity contribution in [3.8, 4) is 0 Å². The first-order chi connectivity index (χ1) is 11.9. The molecule has 1 aromatic rings. The lowest BCUT2D eigenvalue weighted by molar-refractivity contribution is -0.137. The Bertz CT molecular complexity index is 815. The largest absolute Gasteiger partial charge is 0.417 e. The molecule has 1 aromatic carbocycles. The Labute approximate surface area is 152 Å². The Morgan fingerprint density at radius 3 is 2.76 bits per heavy atom. The van der Waals surface area contributed by atoms with Crippen LogP contribution in [0.2, 0.25) is 5.02 Å². The van der Waals surface area contributed by atoms with Crippen molar-refractivity contribution in [3.05, 3.63) is 45.6 Å². The standard InChI is InChI=1S/C18H15ClF3NOS/c19-11-5-4-9(8-10(11)18(20,21)22)15-16-12(2-1-3-14(16)24)23-13-6-7-25-17(13)15/h4-5,8,15,17H,1-3,6-7H2. The minimum absolute atomic E-state index is 0.0186. The van der Waals surface area contributed by atoms with E-state index in [1.54, 1.807) is 17.8 Å². The van der Waals surface area contributed by atoms with E-state index >= 15 is 0 Å². The molecule has 0 N–H and O–H groups in total. The summed E-state index contributed by atoms with van der Waals surface area (Å²) in [6.45, 7) is 0. The molecular formula is C18H15ClF3NOS. The Morgan fingerprint density at radius 1 is 1.20 bits per heavy atom. The summed E-state index contributed by atoms with van der Waals surface area (Å²) in [5.41, 5.74) is 2.06. The van der Waals surface area contributed by atoms with E-state index in [9.17, 15) is 18.0 Å². The highest BCUT2D eigenvalue weighted by Crippen LogP contribution is 2.48. The second-order valence-electron chi connectivity index (χ2n) is 6.50. The highest BCUT2D eigenvalue weighted by Gasteiger charge is 2.43. The molecule has 1 aliphatic carbocycles. The molecule has 2 nitrogen and oxygen atoms in total. The number of benzene rings is 1. The molecule has 2 aliphatic heterocycles. The molecule has 25 heavy (non-hydrogen) atoms. The smallest absolute Gasteiger partial charge is 0.294 e. The van der Waals surface area contributed by atoms with Gasteiger partial charge in [-0.15, -0.1) is 0 Å². The van der Waals surface area contributed by atoms with Gasteiger partial charge in [-0.3, -0.25) is 9.79 Å². The number of hydrogen-bond acceptors (Lipinski definition) is 3. The van der Waals surface area contributed by atoms with Crippen molar-refractivity contribution in [2.45, 2.75) is 43.0 Å². The number of halogens is 4. The number of carbonyl (C=O) groups excluding carboxylic acids is 1. The summed E-state index contributed by atoms with van der Waals surface area (Å²) in [5.74, 6) is 0.542. The Hall–Kier alpha value is -1.27. The molecule has 2 atom stereocenters. The lowest BCUT2D eigenvalue weighted by atomic mass is 9.77. The van der Waals surface area contributed by atoms with E-state index in [2.05, 4.69) is 4.99 Å². The van der Waals surface area contributed by atoms with Crippen LogP contribution in [-0.2, 0) is 11.0 Å². The van der Waals surface area contributed by atoms with E-state index in [1.807, 2.05) is 0 Å². The maximum Gasteiger partial charge on any atom is 0.417 e. The highest BCUT2D eigenvalue weighted by atomic mass is 35.5. The molecule has 0 bridgehead atoms. The van der Waals surface area contributed by atoms with Crippen LogP contribution in [0.3, 0.4) is 0 Å². The lowest BCUT2D eigenvalue weighted by Crippen LogP contribution is -2.32. The molecule has 1 saturated heterocycles. The van der Waals surface area contributed by atoms with E-state index in [-0.39, 0.29) is 22.0 Å². The SMILES string of the molecule is O=C1CCCC2=C1C(c1ccc(Cl)c(C(F)(F)F)c1)C1SCCC1=N2. The molecule has 3 aliphatic rings. The van der Waals surface area contributed by atoms with Crippen molar-refractivity contribution in [2.75, 3.05) is 5.75 Å². The summed E-state index contributed by atoms with van der Waals surface area (Å²) in [7, 11) is 0. The van der Waals surface area contributed by atoms with Crippen LogP contribution in [0.5, 0.6) is 0 Å². The molecule has 0 amide bonds. The fourth-order valence-corrected chi connectivity index (χ4v) is 5.53. The van der Waals surface area contributed by atoms with Gasteiger partial charge >= 0.3 is 6.18 Å². The van der Waals surface area contributed by atoms with Crippen LogP contribution in [-0.4, -0.2) is 22.5 Å². The molecule has 0 saturated carbocycles. The van der Waals surface area contributed by atoms with Gasteiger partial charge < -0.3 is 0 Å². The van der Waals surface area contributed by atoms with Crippen molar-refractivity contribution in [2.24, 2.45) is 4.99 Å². The Balaban J connectivity index is 1.87. The highest BCUT2D eigenvalue weighted by molar-refractivity contribution is 8.01. The van der Waals surface area contributed by atoms with Gasteiger partial charge in [-0.2, -0.15) is 24.9 Å². The third kappa shape index (κ3) is 2.93. The molecule has 4 rings (SSSR count). The van der Waals surface area contributed by atoms with Gasteiger partial charge in [0.1, 0.15) is 0 Å². The minimum atomic E-state index is -4.52. The van der Waals surface area contributed by atoms with Crippen LogP contribution in [0.1, 0.15) is 42.7 Å². The fourth-order valence-electron chi connectivity index (χ4n) is 3.87. The summed E-state index contributed by atoms with van der Waals surface area (Å²) in [6, 6.07) is 4.02. The number of rotatable bonds is 1. The second kappa shape index (κ2) is 6.16. The average Bonchev–Trinajstić information content (AvgIpc) is 3.01. The predicted molar refractivity (Wildman–Crippen MR) is 93.4 cm³/mol. The molecular weight excluding hydrogens is 371 g/mol. The van der Waals surface area contributed by atoms with Gasteiger partial charge in [0.15, 0.2) is 5.78 Å². The van der Waals surface area contributed by atoms with Crippen molar-refractivity contribution in [1.82, 2.24) is 0 Å². The number of fused-ring (bicyclic) bond motifs is 1. The van der Waals surface area contributed by atoms with Gasteiger partial charge in [0.25, 0.3) is 0 Å². The van der Waals surface area contributed by atoms with Crippen molar-refractivity contribution in [1.29, 1.82) is 0 Å². The van der Waals surface area contributed by atoms with Gasteiger partial charge in [0.05, 0.1) is 15.8 Å². The van der Waals surface area contributed by atoms with Crippen molar-refractivity contribution < 1.29 is 18.0 Å². The number of ketones is 1. The van der Waals surface area contributed by atoms with Crippen LogP contribution in [0, 0.1) is 0 Å². The zero-order valence-electron chi connectivity index (χ0n) is 13.2. The second-order valence-corrected chi connectivity index (χ2v) is 8.15. The molecule has 0 aromatic heterocycles. The van der Waals surface area contributed by atoms with Gasteiger partial charge in [0, 0.05) is 29.3 Å². The maximum absolute atomic E-state index is 13.3. The van der Waals surface area contributed by atoms with Crippen LogP contribution in [0.15, 0.2) is 34.5 Å². The maximum atomic E-state index is 13.3. The third-order valence-corrected chi connectivity index (χ3v) is 6.63. The van der Waals surface area contributed by atoms with E-state index in [0.717, 1.165) is 42.5 Å². The Morgan fingerprint density at radius 2 is 2.00 bits per heavy atom. The summed E-state index contributed by atoms with van der Waals surface area (Å²) in [4.78, 5) is 17.3. The number of alkyl halides is 3. The molecule has 0 radical (unpaired) electrons. The average molecular weight is 386 g/mol. The number of Topliss-reactive ketones (excluding diaryl/α,β-unsaturated/α-hetero) is 1. The van der Waals surface area contributed by atoms with E-state index in [1.165, 1.54) is 6.07 Å².